The summed E-state index contributed by atoms with van der Waals surface area (Å²) in [6, 6.07) is 10.5. The molecule has 0 aliphatic heterocycles. The minimum absolute atomic E-state index is 0.0174. The van der Waals surface area contributed by atoms with Crippen molar-refractivity contribution in [2.75, 3.05) is 6.54 Å². The molecule has 2 heterocycles. The standard InChI is InChI=1S/C17H17N3O4S2/c21-17(13-7-8-16(24-13)26(22,23)20-11-5-6-11)18-10-9-15-19-12-3-1-2-4-14(12)25-15/h1-4,7-8,11,20H,5-6,9-10H2,(H,18,21). The third-order valence-electron chi connectivity index (χ3n) is 3.93. The lowest BCUT2D eigenvalue weighted by Gasteiger charge is -2.02. The number of para-hydroxylation sites is 1. The molecule has 4 rings (SSSR count). The number of sulfonamides is 1. The minimum Gasteiger partial charge on any atom is -0.438 e. The molecule has 1 aliphatic rings. The largest absolute Gasteiger partial charge is 0.438 e. The van der Waals surface area contributed by atoms with E-state index in [1.54, 1.807) is 11.3 Å². The van der Waals surface area contributed by atoms with Gasteiger partial charge in [0.2, 0.25) is 5.09 Å². The molecule has 0 unspecified atom stereocenters. The van der Waals surface area contributed by atoms with Crippen LogP contribution in [0.5, 0.6) is 0 Å². The maximum absolute atomic E-state index is 12.1. The van der Waals surface area contributed by atoms with E-state index in [9.17, 15) is 13.2 Å². The number of aromatic nitrogens is 1. The first-order chi connectivity index (χ1) is 12.5. The predicted octanol–water partition coefficient (Wildman–Crippen LogP) is 2.30. The fourth-order valence-corrected chi connectivity index (χ4v) is 4.67. The van der Waals surface area contributed by atoms with E-state index in [2.05, 4.69) is 15.0 Å². The van der Waals surface area contributed by atoms with Crippen molar-refractivity contribution < 1.29 is 17.6 Å². The molecular weight excluding hydrogens is 374 g/mol. The zero-order valence-corrected chi connectivity index (χ0v) is 15.4. The van der Waals surface area contributed by atoms with E-state index in [1.165, 1.54) is 12.1 Å². The quantitative estimate of drug-likeness (QED) is 0.644. The topological polar surface area (TPSA) is 101 Å². The van der Waals surface area contributed by atoms with Gasteiger partial charge in [-0.05, 0) is 37.1 Å². The van der Waals surface area contributed by atoms with E-state index in [-0.39, 0.29) is 16.9 Å². The molecule has 2 N–H and O–H groups in total. The summed E-state index contributed by atoms with van der Waals surface area (Å²) in [5, 5.41) is 3.43. The molecule has 1 saturated carbocycles. The lowest BCUT2D eigenvalue weighted by molar-refractivity contribution is 0.0921. The monoisotopic (exact) mass is 391 g/mol. The van der Waals surface area contributed by atoms with Gasteiger partial charge in [-0.2, -0.15) is 0 Å². The summed E-state index contributed by atoms with van der Waals surface area (Å²) in [4.78, 5) is 16.7. The number of fused-ring (bicyclic) bond motifs is 1. The summed E-state index contributed by atoms with van der Waals surface area (Å²) < 4.78 is 33.0. The van der Waals surface area contributed by atoms with E-state index in [0.29, 0.717) is 13.0 Å². The lowest BCUT2D eigenvalue weighted by Crippen LogP contribution is -2.26. The summed E-state index contributed by atoms with van der Waals surface area (Å²) in [6.07, 6.45) is 2.26. The highest BCUT2D eigenvalue weighted by Crippen LogP contribution is 2.23. The second-order valence-electron chi connectivity index (χ2n) is 6.10. The number of carbonyl (C=O) groups excluding carboxylic acids is 1. The Balaban J connectivity index is 1.34. The number of hydrogen-bond donors (Lipinski definition) is 2. The molecule has 7 nitrogen and oxygen atoms in total. The molecule has 0 radical (unpaired) electrons. The Bertz CT molecular complexity index is 1020. The van der Waals surface area contributed by atoms with E-state index < -0.39 is 15.9 Å². The molecule has 136 valence electrons. The molecule has 3 aromatic rings. The van der Waals surface area contributed by atoms with Gasteiger partial charge >= 0.3 is 0 Å². The fraction of sp³-hybridized carbons (Fsp3) is 0.294. The predicted molar refractivity (Wildman–Crippen MR) is 97.7 cm³/mol. The van der Waals surface area contributed by atoms with Gasteiger partial charge in [0, 0.05) is 19.0 Å². The van der Waals surface area contributed by atoms with Crippen LogP contribution < -0.4 is 10.0 Å². The van der Waals surface area contributed by atoms with Crippen LogP contribution in [-0.4, -0.2) is 31.9 Å². The minimum atomic E-state index is -3.69. The number of rotatable bonds is 7. The Labute approximate surface area is 154 Å². The van der Waals surface area contributed by atoms with Crippen LogP contribution in [0.25, 0.3) is 10.2 Å². The van der Waals surface area contributed by atoms with Crippen molar-refractivity contribution in [2.24, 2.45) is 0 Å². The number of furan rings is 1. The number of amides is 1. The van der Waals surface area contributed by atoms with E-state index in [0.717, 1.165) is 28.1 Å². The van der Waals surface area contributed by atoms with Crippen LogP contribution in [-0.2, 0) is 16.4 Å². The summed E-state index contributed by atoms with van der Waals surface area (Å²) in [5.74, 6) is -0.468. The SMILES string of the molecule is O=C(NCCc1nc2ccccc2s1)c1ccc(S(=O)(=O)NC2CC2)o1. The molecule has 0 saturated heterocycles. The summed E-state index contributed by atoms with van der Waals surface area (Å²) in [5.41, 5.74) is 0.947. The van der Waals surface area contributed by atoms with Crippen LogP contribution in [0.4, 0.5) is 0 Å². The van der Waals surface area contributed by atoms with Crippen LogP contribution in [0.15, 0.2) is 45.9 Å². The smallest absolute Gasteiger partial charge is 0.287 e. The van der Waals surface area contributed by atoms with E-state index in [1.807, 2.05) is 24.3 Å². The molecule has 0 atom stereocenters. The maximum Gasteiger partial charge on any atom is 0.287 e. The van der Waals surface area contributed by atoms with Gasteiger partial charge in [-0.15, -0.1) is 11.3 Å². The van der Waals surface area contributed by atoms with Crippen molar-refractivity contribution in [2.45, 2.75) is 30.4 Å². The summed E-state index contributed by atoms with van der Waals surface area (Å²) >= 11 is 1.59. The Morgan fingerprint density at radius 3 is 2.81 bits per heavy atom. The molecule has 1 amide bonds. The highest BCUT2D eigenvalue weighted by molar-refractivity contribution is 7.89. The Morgan fingerprint density at radius 2 is 2.04 bits per heavy atom. The van der Waals surface area contributed by atoms with Crippen molar-refractivity contribution in [1.29, 1.82) is 0 Å². The van der Waals surface area contributed by atoms with Gasteiger partial charge in [-0.3, -0.25) is 4.79 Å². The normalized spacial score (nSPS) is 14.6. The second-order valence-corrected chi connectivity index (χ2v) is 8.86. The van der Waals surface area contributed by atoms with Gasteiger partial charge in [0.25, 0.3) is 15.9 Å². The van der Waals surface area contributed by atoms with Gasteiger partial charge in [0.1, 0.15) is 0 Å². The van der Waals surface area contributed by atoms with Gasteiger partial charge in [0.05, 0.1) is 15.2 Å². The fourth-order valence-electron chi connectivity index (χ4n) is 2.46. The van der Waals surface area contributed by atoms with Crippen molar-refractivity contribution in [1.82, 2.24) is 15.0 Å². The van der Waals surface area contributed by atoms with Gasteiger partial charge in [-0.25, -0.2) is 18.1 Å². The first-order valence-corrected chi connectivity index (χ1v) is 10.6. The number of thiazole rings is 1. The van der Waals surface area contributed by atoms with Gasteiger partial charge in [0.15, 0.2) is 5.76 Å². The summed E-state index contributed by atoms with van der Waals surface area (Å²) in [6.45, 7) is 0.391. The molecule has 9 heteroatoms. The number of nitrogens with zero attached hydrogens (tertiary/aromatic N) is 1. The second kappa shape index (κ2) is 6.82. The summed E-state index contributed by atoms with van der Waals surface area (Å²) in [7, 11) is -3.69. The Morgan fingerprint density at radius 1 is 1.23 bits per heavy atom. The molecule has 1 aliphatic carbocycles. The lowest BCUT2D eigenvalue weighted by atomic mass is 10.3. The Hall–Kier alpha value is -2.23. The van der Waals surface area contributed by atoms with Crippen LogP contribution in [0.3, 0.4) is 0 Å². The third kappa shape index (κ3) is 3.79. The van der Waals surface area contributed by atoms with Crippen molar-refractivity contribution in [3.63, 3.8) is 0 Å². The zero-order valence-electron chi connectivity index (χ0n) is 13.8. The number of nitrogens with one attached hydrogen (secondary N) is 2. The van der Waals surface area contributed by atoms with Crippen molar-refractivity contribution in [3.8, 4) is 0 Å². The van der Waals surface area contributed by atoms with Crippen LogP contribution in [0.2, 0.25) is 0 Å². The molecule has 0 spiro atoms. The van der Waals surface area contributed by atoms with Gasteiger partial charge < -0.3 is 9.73 Å². The first kappa shape index (κ1) is 17.2. The molecule has 26 heavy (non-hydrogen) atoms. The van der Waals surface area contributed by atoms with Crippen LogP contribution >= 0.6 is 11.3 Å². The van der Waals surface area contributed by atoms with Crippen molar-refractivity contribution in [3.05, 3.63) is 47.2 Å². The van der Waals surface area contributed by atoms with Gasteiger partial charge in [-0.1, -0.05) is 12.1 Å². The van der Waals surface area contributed by atoms with E-state index in [4.69, 9.17) is 4.42 Å². The third-order valence-corrected chi connectivity index (χ3v) is 6.42. The highest BCUT2D eigenvalue weighted by Gasteiger charge is 2.30. The highest BCUT2D eigenvalue weighted by atomic mass is 32.2. The first-order valence-electron chi connectivity index (χ1n) is 8.26. The number of carbonyl (C=O) groups is 1. The number of hydrogen-bond acceptors (Lipinski definition) is 6. The average molecular weight is 391 g/mol. The molecular formula is C17H17N3O4S2. The van der Waals surface area contributed by atoms with Crippen LogP contribution in [0.1, 0.15) is 28.4 Å². The van der Waals surface area contributed by atoms with E-state index >= 15 is 0 Å². The number of benzene rings is 1. The maximum atomic E-state index is 12.1. The molecule has 0 bridgehead atoms. The molecule has 1 fully saturated rings. The molecule has 1 aromatic carbocycles. The van der Waals surface area contributed by atoms with Crippen LogP contribution in [0, 0.1) is 0 Å². The average Bonchev–Trinajstić information content (AvgIpc) is 3.13. The molecule has 2 aromatic heterocycles. The van der Waals surface area contributed by atoms with Crippen molar-refractivity contribution >= 4 is 37.5 Å². The Kier molecular flexibility index (Phi) is 4.51. The zero-order chi connectivity index (χ0) is 18.1.